The van der Waals surface area contributed by atoms with Gasteiger partial charge in [-0.15, -0.1) is 11.3 Å². The molecule has 0 radical (unpaired) electrons. The van der Waals surface area contributed by atoms with E-state index in [0.29, 0.717) is 6.79 Å². The van der Waals surface area contributed by atoms with Crippen LogP contribution in [0, 0.1) is 0 Å². The number of nitrogens with one attached hydrogen (secondary N) is 1. The monoisotopic (exact) mass is 261 g/mol. The van der Waals surface area contributed by atoms with Crippen LogP contribution in [-0.4, -0.2) is 13.3 Å². The van der Waals surface area contributed by atoms with Crippen molar-refractivity contribution in [3.8, 4) is 11.5 Å². The lowest BCUT2D eigenvalue weighted by atomic mass is 10.2. The number of para-hydroxylation sites is 1. The standard InChI is InChI=1S/C14H15NO2S/c1-3-11(14-13(5-1)16-10-17-14)9-15-7-6-12-4-2-8-18-12/h1-5,8,15H,6-7,9-10H2. The molecule has 1 aliphatic rings. The lowest BCUT2D eigenvalue weighted by Crippen LogP contribution is -2.16. The highest BCUT2D eigenvalue weighted by molar-refractivity contribution is 7.09. The van der Waals surface area contributed by atoms with E-state index in [1.807, 2.05) is 12.1 Å². The fourth-order valence-corrected chi connectivity index (χ4v) is 2.73. The molecule has 2 heterocycles. The summed E-state index contributed by atoms with van der Waals surface area (Å²) in [7, 11) is 0. The van der Waals surface area contributed by atoms with Crippen LogP contribution in [0.5, 0.6) is 11.5 Å². The van der Waals surface area contributed by atoms with E-state index in [2.05, 4.69) is 28.9 Å². The Morgan fingerprint density at radius 2 is 2.17 bits per heavy atom. The first-order valence-electron chi connectivity index (χ1n) is 6.04. The van der Waals surface area contributed by atoms with E-state index in [1.54, 1.807) is 11.3 Å². The second kappa shape index (κ2) is 5.42. The Morgan fingerprint density at radius 3 is 3.06 bits per heavy atom. The van der Waals surface area contributed by atoms with Crippen molar-refractivity contribution < 1.29 is 9.47 Å². The maximum Gasteiger partial charge on any atom is 0.231 e. The first-order valence-corrected chi connectivity index (χ1v) is 6.92. The number of ether oxygens (including phenoxy) is 2. The third kappa shape index (κ3) is 2.49. The minimum atomic E-state index is 0.335. The van der Waals surface area contributed by atoms with Crippen LogP contribution in [0.1, 0.15) is 10.4 Å². The van der Waals surface area contributed by atoms with Crippen molar-refractivity contribution in [2.75, 3.05) is 13.3 Å². The number of hydrogen-bond donors (Lipinski definition) is 1. The third-order valence-corrected chi connectivity index (χ3v) is 3.86. The molecule has 4 heteroatoms. The van der Waals surface area contributed by atoms with Crippen LogP contribution in [0.3, 0.4) is 0 Å². The van der Waals surface area contributed by atoms with Crippen LogP contribution in [0.15, 0.2) is 35.7 Å². The second-order valence-electron chi connectivity index (χ2n) is 4.16. The maximum atomic E-state index is 5.47. The first kappa shape index (κ1) is 11.6. The van der Waals surface area contributed by atoms with Gasteiger partial charge in [0.2, 0.25) is 6.79 Å². The van der Waals surface area contributed by atoms with Crippen LogP contribution in [-0.2, 0) is 13.0 Å². The summed E-state index contributed by atoms with van der Waals surface area (Å²) < 4.78 is 10.8. The molecule has 18 heavy (non-hydrogen) atoms. The van der Waals surface area contributed by atoms with Crippen molar-refractivity contribution >= 4 is 11.3 Å². The Hall–Kier alpha value is -1.52. The van der Waals surface area contributed by atoms with Crippen molar-refractivity contribution in [3.63, 3.8) is 0 Å². The van der Waals surface area contributed by atoms with Crippen molar-refractivity contribution in [3.05, 3.63) is 46.2 Å². The highest BCUT2D eigenvalue weighted by Gasteiger charge is 2.16. The summed E-state index contributed by atoms with van der Waals surface area (Å²) in [5, 5.41) is 5.56. The van der Waals surface area contributed by atoms with Gasteiger partial charge in [0.1, 0.15) is 0 Å². The van der Waals surface area contributed by atoms with Gasteiger partial charge in [0.25, 0.3) is 0 Å². The van der Waals surface area contributed by atoms with E-state index in [-0.39, 0.29) is 0 Å². The topological polar surface area (TPSA) is 30.5 Å². The molecule has 0 atom stereocenters. The normalized spacial score (nSPS) is 12.9. The Balaban J connectivity index is 1.53. The molecule has 1 aliphatic heterocycles. The number of benzene rings is 1. The Morgan fingerprint density at radius 1 is 1.17 bits per heavy atom. The summed E-state index contributed by atoms with van der Waals surface area (Å²) in [6.07, 6.45) is 1.07. The van der Waals surface area contributed by atoms with Gasteiger partial charge in [-0.2, -0.15) is 0 Å². The molecule has 0 unspecified atom stereocenters. The number of hydrogen-bond acceptors (Lipinski definition) is 4. The van der Waals surface area contributed by atoms with Crippen LogP contribution in [0.2, 0.25) is 0 Å². The molecule has 3 rings (SSSR count). The summed E-state index contributed by atoms with van der Waals surface area (Å²) >= 11 is 1.80. The quantitative estimate of drug-likeness (QED) is 0.840. The highest BCUT2D eigenvalue weighted by atomic mass is 32.1. The van der Waals surface area contributed by atoms with E-state index in [4.69, 9.17) is 9.47 Å². The van der Waals surface area contributed by atoms with Gasteiger partial charge >= 0.3 is 0 Å². The SMILES string of the molecule is c1csc(CCNCc2cccc3c2OCO3)c1. The van der Waals surface area contributed by atoms with Gasteiger partial charge in [0.05, 0.1) is 0 Å². The summed E-state index contributed by atoms with van der Waals surface area (Å²) in [4.78, 5) is 1.42. The van der Waals surface area contributed by atoms with E-state index in [0.717, 1.165) is 36.6 Å². The van der Waals surface area contributed by atoms with Crippen molar-refractivity contribution in [2.24, 2.45) is 0 Å². The molecule has 1 aromatic carbocycles. The minimum absolute atomic E-state index is 0.335. The Labute approximate surface area is 110 Å². The summed E-state index contributed by atoms with van der Waals surface area (Å²) in [6, 6.07) is 10.3. The Bertz CT molecular complexity index is 511. The number of fused-ring (bicyclic) bond motifs is 1. The molecule has 0 saturated carbocycles. The van der Waals surface area contributed by atoms with E-state index in [1.165, 1.54) is 4.88 Å². The predicted octanol–water partition coefficient (Wildman–Crippen LogP) is 2.81. The fourth-order valence-electron chi connectivity index (χ4n) is 2.02. The third-order valence-electron chi connectivity index (χ3n) is 2.92. The van der Waals surface area contributed by atoms with E-state index in [9.17, 15) is 0 Å². The van der Waals surface area contributed by atoms with Gasteiger partial charge in [-0.25, -0.2) is 0 Å². The molecule has 3 nitrogen and oxygen atoms in total. The molecule has 1 aromatic heterocycles. The Kier molecular flexibility index (Phi) is 3.48. The van der Waals surface area contributed by atoms with Gasteiger partial charge in [-0.05, 0) is 23.9 Å². The summed E-state index contributed by atoms with van der Waals surface area (Å²) in [6.45, 7) is 2.13. The van der Waals surface area contributed by atoms with Crippen molar-refractivity contribution in [1.29, 1.82) is 0 Å². The fraction of sp³-hybridized carbons (Fsp3) is 0.286. The highest BCUT2D eigenvalue weighted by Crippen LogP contribution is 2.35. The van der Waals surface area contributed by atoms with Gasteiger partial charge in [0, 0.05) is 23.5 Å². The zero-order valence-corrected chi connectivity index (χ0v) is 10.8. The average molecular weight is 261 g/mol. The summed E-state index contributed by atoms with van der Waals surface area (Å²) in [5.41, 5.74) is 1.16. The molecule has 0 bridgehead atoms. The largest absolute Gasteiger partial charge is 0.454 e. The smallest absolute Gasteiger partial charge is 0.231 e. The average Bonchev–Trinajstić information content (AvgIpc) is 3.05. The lowest BCUT2D eigenvalue weighted by Gasteiger charge is -2.07. The minimum Gasteiger partial charge on any atom is -0.454 e. The second-order valence-corrected chi connectivity index (χ2v) is 5.19. The van der Waals surface area contributed by atoms with Crippen LogP contribution >= 0.6 is 11.3 Å². The maximum absolute atomic E-state index is 5.47. The first-order chi connectivity index (χ1) is 8.93. The molecule has 2 aromatic rings. The molecule has 0 amide bonds. The molecular weight excluding hydrogens is 246 g/mol. The molecular formula is C14H15NO2S. The van der Waals surface area contributed by atoms with Crippen LogP contribution < -0.4 is 14.8 Å². The van der Waals surface area contributed by atoms with Gasteiger partial charge in [-0.3, -0.25) is 0 Å². The zero-order chi connectivity index (χ0) is 12.2. The van der Waals surface area contributed by atoms with Gasteiger partial charge in [0.15, 0.2) is 11.5 Å². The van der Waals surface area contributed by atoms with Crippen LogP contribution in [0.4, 0.5) is 0 Å². The van der Waals surface area contributed by atoms with E-state index < -0.39 is 0 Å². The van der Waals surface area contributed by atoms with Gasteiger partial charge < -0.3 is 14.8 Å². The molecule has 94 valence electrons. The van der Waals surface area contributed by atoms with Crippen LogP contribution in [0.25, 0.3) is 0 Å². The van der Waals surface area contributed by atoms with E-state index >= 15 is 0 Å². The molecule has 0 saturated heterocycles. The zero-order valence-electron chi connectivity index (χ0n) is 10.0. The molecule has 1 N–H and O–H groups in total. The summed E-state index contributed by atoms with van der Waals surface area (Å²) in [5.74, 6) is 1.74. The molecule has 0 fully saturated rings. The van der Waals surface area contributed by atoms with Gasteiger partial charge in [-0.1, -0.05) is 18.2 Å². The molecule has 0 spiro atoms. The number of thiophene rings is 1. The predicted molar refractivity (Wildman–Crippen MR) is 72.3 cm³/mol. The lowest BCUT2D eigenvalue weighted by molar-refractivity contribution is 0.173. The van der Waals surface area contributed by atoms with Crippen molar-refractivity contribution in [2.45, 2.75) is 13.0 Å². The molecule has 0 aliphatic carbocycles. The van der Waals surface area contributed by atoms with Crippen molar-refractivity contribution in [1.82, 2.24) is 5.32 Å². The number of rotatable bonds is 5.